The van der Waals surface area contributed by atoms with Crippen LogP contribution in [-0.2, 0) is 5.54 Å². The number of hydrogen-bond acceptors (Lipinski definition) is 1. The maximum absolute atomic E-state index is 4.78. The molecule has 0 spiro atoms. The highest BCUT2D eigenvalue weighted by Gasteiger charge is 2.39. The summed E-state index contributed by atoms with van der Waals surface area (Å²) in [4.78, 5) is 4.78. The van der Waals surface area contributed by atoms with Crippen LogP contribution in [0.15, 0.2) is 104 Å². The summed E-state index contributed by atoms with van der Waals surface area (Å²) in [5, 5.41) is 0. The number of aromatic nitrogens is 2. The Morgan fingerprint density at radius 1 is 0.679 bits per heavy atom. The van der Waals surface area contributed by atoms with Gasteiger partial charge in [-0.3, -0.25) is 0 Å². The molecule has 140 valence electrons. The van der Waals surface area contributed by atoms with E-state index in [1.807, 2.05) is 6.33 Å². The third-order valence-electron chi connectivity index (χ3n) is 5.56. The lowest BCUT2D eigenvalue weighted by atomic mass is 9.77. The molecular weight excluding hydrogens is 344 g/mol. The van der Waals surface area contributed by atoms with Gasteiger partial charge in [-0.25, -0.2) is 4.98 Å². The topological polar surface area (TPSA) is 49.3 Å². The van der Waals surface area contributed by atoms with Gasteiger partial charge in [-0.2, -0.15) is 0 Å². The largest absolute Gasteiger partial charge is 0.412 e. The van der Waals surface area contributed by atoms with E-state index in [4.69, 9.17) is 4.98 Å². The Morgan fingerprint density at radius 3 is 1.50 bits per heavy atom. The molecule has 0 amide bonds. The molecule has 4 aromatic rings. The average Bonchev–Trinajstić information content (AvgIpc) is 3.49. The van der Waals surface area contributed by atoms with E-state index in [1.165, 1.54) is 35.2 Å². The lowest BCUT2D eigenvalue weighted by Gasteiger charge is -2.37. The van der Waals surface area contributed by atoms with Crippen LogP contribution in [0.4, 0.5) is 0 Å². The third kappa shape index (κ3) is 2.94. The van der Waals surface area contributed by atoms with E-state index >= 15 is 0 Å². The van der Waals surface area contributed by atoms with Crippen molar-refractivity contribution < 1.29 is 5.48 Å². The first-order chi connectivity index (χ1) is 13.4. The second-order valence-corrected chi connectivity index (χ2v) is 7.29. The van der Waals surface area contributed by atoms with Crippen molar-refractivity contribution in [2.75, 3.05) is 0 Å². The van der Waals surface area contributed by atoms with Crippen molar-refractivity contribution in [2.45, 2.75) is 24.3 Å². The molecular formula is C25H24N2O. The zero-order chi connectivity index (χ0) is 18.1. The minimum atomic E-state index is -0.441. The van der Waals surface area contributed by atoms with E-state index in [0.717, 1.165) is 0 Å². The first-order valence-corrected chi connectivity index (χ1v) is 9.60. The molecule has 3 heteroatoms. The van der Waals surface area contributed by atoms with Gasteiger partial charge in [0.1, 0.15) is 5.54 Å². The maximum Gasteiger partial charge on any atom is 0.121 e. The Labute approximate surface area is 165 Å². The number of nitrogens with zero attached hydrogens (tertiary/aromatic N) is 2. The molecule has 0 saturated heterocycles. The second-order valence-electron chi connectivity index (χ2n) is 7.29. The van der Waals surface area contributed by atoms with Crippen LogP contribution in [0.25, 0.3) is 0 Å². The molecule has 0 aliphatic heterocycles. The molecule has 3 aromatic carbocycles. The van der Waals surface area contributed by atoms with Crippen LogP contribution in [0.5, 0.6) is 0 Å². The lowest BCUT2D eigenvalue weighted by molar-refractivity contribution is 0.514. The molecule has 1 aliphatic carbocycles. The van der Waals surface area contributed by atoms with E-state index in [0.29, 0.717) is 5.92 Å². The van der Waals surface area contributed by atoms with E-state index < -0.39 is 5.54 Å². The van der Waals surface area contributed by atoms with Crippen molar-refractivity contribution in [3.05, 3.63) is 126 Å². The predicted molar refractivity (Wildman–Crippen MR) is 112 cm³/mol. The van der Waals surface area contributed by atoms with Crippen LogP contribution in [0.1, 0.15) is 41.1 Å². The zero-order valence-electron chi connectivity index (χ0n) is 15.7. The highest BCUT2D eigenvalue weighted by atomic mass is 16.0. The average molecular weight is 368 g/mol. The van der Waals surface area contributed by atoms with Gasteiger partial charge >= 0.3 is 0 Å². The molecule has 0 radical (unpaired) electrons. The molecule has 0 bridgehead atoms. The summed E-state index contributed by atoms with van der Waals surface area (Å²) < 4.78 is 2.31. The second kappa shape index (κ2) is 7.45. The highest BCUT2D eigenvalue weighted by molar-refractivity contribution is 5.50. The van der Waals surface area contributed by atoms with E-state index in [2.05, 4.69) is 102 Å². The Morgan fingerprint density at radius 2 is 1.11 bits per heavy atom. The Balaban J connectivity index is 0.00000192. The third-order valence-corrected chi connectivity index (χ3v) is 5.56. The van der Waals surface area contributed by atoms with Gasteiger partial charge in [-0.1, -0.05) is 91.0 Å². The van der Waals surface area contributed by atoms with Crippen LogP contribution in [0, 0.1) is 0 Å². The molecule has 28 heavy (non-hydrogen) atoms. The minimum absolute atomic E-state index is 0. The molecule has 0 atom stereocenters. The van der Waals surface area contributed by atoms with Gasteiger partial charge in [0.05, 0.1) is 12.0 Å². The molecule has 5 rings (SSSR count). The maximum atomic E-state index is 4.78. The van der Waals surface area contributed by atoms with Gasteiger partial charge in [-0.05, 0) is 29.5 Å². The van der Waals surface area contributed by atoms with Crippen molar-refractivity contribution in [1.82, 2.24) is 9.55 Å². The molecule has 0 unspecified atom stereocenters. The zero-order valence-corrected chi connectivity index (χ0v) is 15.7. The Kier molecular flexibility index (Phi) is 4.84. The minimum Gasteiger partial charge on any atom is -0.412 e. The van der Waals surface area contributed by atoms with Gasteiger partial charge in [0.2, 0.25) is 0 Å². The number of imidazole rings is 1. The smallest absolute Gasteiger partial charge is 0.121 e. The van der Waals surface area contributed by atoms with Crippen molar-refractivity contribution in [1.29, 1.82) is 0 Å². The molecule has 1 fully saturated rings. The van der Waals surface area contributed by atoms with Crippen LogP contribution < -0.4 is 0 Å². The molecule has 3 nitrogen and oxygen atoms in total. The van der Waals surface area contributed by atoms with Crippen molar-refractivity contribution >= 4 is 0 Å². The number of hydrogen-bond donors (Lipinski definition) is 0. The summed E-state index contributed by atoms with van der Waals surface area (Å²) in [5.74, 6) is 0.631. The van der Waals surface area contributed by atoms with Crippen molar-refractivity contribution in [3.63, 3.8) is 0 Å². The van der Waals surface area contributed by atoms with E-state index in [9.17, 15) is 0 Å². The van der Waals surface area contributed by atoms with Crippen molar-refractivity contribution in [3.8, 4) is 0 Å². The summed E-state index contributed by atoms with van der Waals surface area (Å²) in [6.07, 6.45) is 6.78. The van der Waals surface area contributed by atoms with E-state index in [1.54, 1.807) is 0 Å². The molecule has 2 N–H and O–H groups in total. The first-order valence-electron chi connectivity index (χ1n) is 9.60. The summed E-state index contributed by atoms with van der Waals surface area (Å²) in [5.41, 5.74) is 4.48. The Bertz CT molecular complexity index is 925. The summed E-state index contributed by atoms with van der Waals surface area (Å²) >= 11 is 0. The molecule has 1 aromatic heterocycles. The van der Waals surface area contributed by atoms with Crippen LogP contribution >= 0.6 is 0 Å². The quantitative estimate of drug-likeness (QED) is 0.468. The fourth-order valence-corrected chi connectivity index (χ4v) is 4.10. The normalized spacial score (nSPS) is 13.7. The fourth-order valence-electron chi connectivity index (χ4n) is 4.10. The van der Waals surface area contributed by atoms with Crippen LogP contribution in [0.2, 0.25) is 0 Å². The highest BCUT2D eigenvalue weighted by Crippen LogP contribution is 2.43. The first kappa shape index (κ1) is 18.2. The summed E-state index contributed by atoms with van der Waals surface area (Å²) in [6, 6.07) is 32.3. The van der Waals surface area contributed by atoms with Gasteiger partial charge < -0.3 is 10.0 Å². The van der Waals surface area contributed by atoms with Crippen LogP contribution in [-0.4, -0.2) is 15.0 Å². The van der Waals surface area contributed by atoms with Gasteiger partial charge in [0.25, 0.3) is 0 Å². The van der Waals surface area contributed by atoms with Gasteiger partial charge in [-0.15, -0.1) is 0 Å². The standard InChI is InChI=1S/C25H22N2.H2O/c1-4-10-21(11-5-1)25(22-12-6-2-7-13-22,23-14-8-3-9-15-23)27-18-24(26-19-27)20-16-17-20;/h1-15,18-20H,16-17H2;1H2. The van der Waals surface area contributed by atoms with E-state index in [-0.39, 0.29) is 5.48 Å². The SMILES string of the molecule is O.c1ccc(C(c2ccccc2)(c2ccccc2)n2cnc(C3CC3)c2)cc1. The summed E-state index contributed by atoms with van der Waals surface area (Å²) in [6.45, 7) is 0. The van der Waals surface area contributed by atoms with Gasteiger partial charge in [0, 0.05) is 12.1 Å². The molecule has 1 aliphatic rings. The van der Waals surface area contributed by atoms with Gasteiger partial charge in [0.15, 0.2) is 0 Å². The summed E-state index contributed by atoms with van der Waals surface area (Å²) in [7, 11) is 0. The predicted octanol–water partition coefficient (Wildman–Crippen LogP) is 4.78. The fraction of sp³-hybridized carbons (Fsp3) is 0.160. The molecule has 1 saturated carbocycles. The van der Waals surface area contributed by atoms with Crippen LogP contribution in [0.3, 0.4) is 0 Å². The lowest BCUT2D eigenvalue weighted by Crippen LogP contribution is -2.36. The number of rotatable bonds is 5. The Hall–Kier alpha value is -3.17. The van der Waals surface area contributed by atoms with Crippen molar-refractivity contribution in [2.24, 2.45) is 0 Å². The number of benzene rings is 3. The molecule has 1 heterocycles. The monoisotopic (exact) mass is 368 g/mol.